The zero-order chi connectivity index (χ0) is 19.7. The van der Waals surface area contributed by atoms with Crippen molar-refractivity contribution in [3.8, 4) is 22.4 Å². The summed E-state index contributed by atoms with van der Waals surface area (Å²) in [6.45, 7) is 3.15. The molecular formula is C25H19NO2. The Morgan fingerprint density at radius 2 is 1.25 bits per heavy atom. The van der Waals surface area contributed by atoms with Gasteiger partial charge in [-0.1, -0.05) is 66.7 Å². The third kappa shape index (κ3) is 3.35. The minimum absolute atomic E-state index is 0.0297. The van der Waals surface area contributed by atoms with E-state index < -0.39 is 0 Å². The molecule has 3 heteroatoms. The van der Waals surface area contributed by atoms with Crippen LogP contribution in [0, 0.1) is 0 Å². The van der Waals surface area contributed by atoms with E-state index in [9.17, 15) is 9.59 Å². The van der Waals surface area contributed by atoms with Gasteiger partial charge in [0.05, 0.1) is 11.2 Å². The van der Waals surface area contributed by atoms with E-state index in [4.69, 9.17) is 4.98 Å². The van der Waals surface area contributed by atoms with Crippen molar-refractivity contribution in [3.63, 3.8) is 0 Å². The predicted molar refractivity (Wildman–Crippen MR) is 113 cm³/mol. The van der Waals surface area contributed by atoms with Crippen LogP contribution < -0.4 is 0 Å². The van der Waals surface area contributed by atoms with E-state index in [1.165, 1.54) is 0 Å². The number of carbonyl (C=O) groups is 2. The summed E-state index contributed by atoms with van der Waals surface area (Å²) >= 11 is 0. The number of para-hydroxylation sites is 1. The van der Waals surface area contributed by atoms with Gasteiger partial charge in [-0.05, 0) is 37.1 Å². The minimum atomic E-state index is 0.0297. The average Bonchev–Trinajstić information content (AvgIpc) is 2.73. The van der Waals surface area contributed by atoms with Gasteiger partial charge in [0, 0.05) is 22.1 Å². The van der Waals surface area contributed by atoms with E-state index >= 15 is 0 Å². The van der Waals surface area contributed by atoms with E-state index in [2.05, 4.69) is 0 Å². The van der Waals surface area contributed by atoms with E-state index in [1.54, 1.807) is 13.8 Å². The molecule has 0 aliphatic rings. The Morgan fingerprint density at radius 1 is 0.679 bits per heavy atom. The van der Waals surface area contributed by atoms with Crippen LogP contribution in [0.3, 0.4) is 0 Å². The third-order valence-corrected chi connectivity index (χ3v) is 4.90. The Morgan fingerprint density at radius 3 is 1.86 bits per heavy atom. The maximum absolute atomic E-state index is 12.1. The highest BCUT2D eigenvalue weighted by Crippen LogP contribution is 2.28. The smallest absolute Gasteiger partial charge is 0.160 e. The van der Waals surface area contributed by atoms with Gasteiger partial charge in [-0.25, -0.2) is 4.98 Å². The van der Waals surface area contributed by atoms with Crippen molar-refractivity contribution < 1.29 is 9.59 Å². The van der Waals surface area contributed by atoms with E-state index in [1.807, 2.05) is 78.9 Å². The zero-order valence-corrected chi connectivity index (χ0v) is 15.8. The maximum Gasteiger partial charge on any atom is 0.160 e. The monoisotopic (exact) mass is 365 g/mol. The first kappa shape index (κ1) is 17.8. The Labute approximate surface area is 163 Å². The average molecular weight is 365 g/mol. The molecule has 136 valence electrons. The molecule has 0 bridgehead atoms. The second kappa shape index (κ2) is 7.20. The van der Waals surface area contributed by atoms with Crippen molar-refractivity contribution in [1.29, 1.82) is 0 Å². The second-order valence-corrected chi connectivity index (χ2v) is 6.84. The molecule has 3 aromatic carbocycles. The van der Waals surface area contributed by atoms with E-state index in [-0.39, 0.29) is 11.6 Å². The third-order valence-electron chi connectivity index (χ3n) is 4.90. The van der Waals surface area contributed by atoms with Gasteiger partial charge >= 0.3 is 0 Å². The summed E-state index contributed by atoms with van der Waals surface area (Å²) in [6, 6.07) is 25.2. The number of aromatic nitrogens is 1. The standard InChI is InChI=1S/C25H19NO2/c1-16(27)18-7-9-19(10-8-18)20-11-13-21(14-12-20)25-15-23(17(2)28)22-5-3-4-6-24(22)26-25/h3-15H,1-2H3. The predicted octanol–water partition coefficient (Wildman–Crippen LogP) is 5.97. The fraction of sp³-hybridized carbons (Fsp3) is 0.0800. The number of Topliss-reactive ketones (excluding diaryl/α,β-unsaturated/α-hetero) is 2. The molecule has 0 aliphatic heterocycles. The number of carbonyl (C=O) groups excluding carboxylic acids is 2. The lowest BCUT2D eigenvalue weighted by Gasteiger charge is -2.09. The van der Waals surface area contributed by atoms with Gasteiger partial charge in [0.1, 0.15) is 0 Å². The molecule has 4 rings (SSSR count). The summed E-state index contributed by atoms with van der Waals surface area (Å²) in [5, 5.41) is 0.876. The molecule has 0 aliphatic carbocycles. The molecule has 0 N–H and O–H groups in total. The summed E-state index contributed by atoms with van der Waals surface area (Å²) in [4.78, 5) is 28.3. The van der Waals surface area contributed by atoms with Crippen molar-refractivity contribution in [1.82, 2.24) is 4.98 Å². The summed E-state index contributed by atoms with van der Waals surface area (Å²) < 4.78 is 0. The van der Waals surface area contributed by atoms with Gasteiger partial charge in [0.25, 0.3) is 0 Å². The molecular weight excluding hydrogens is 346 g/mol. The van der Waals surface area contributed by atoms with Gasteiger partial charge in [-0.3, -0.25) is 9.59 Å². The first-order valence-corrected chi connectivity index (χ1v) is 9.15. The van der Waals surface area contributed by atoms with Gasteiger partial charge in [-0.15, -0.1) is 0 Å². The van der Waals surface area contributed by atoms with Crippen LogP contribution in [-0.4, -0.2) is 16.6 Å². The van der Waals surface area contributed by atoms with E-state index in [0.717, 1.165) is 33.3 Å². The van der Waals surface area contributed by atoms with Crippen LogP contribution in [0.2, 0.25) is 0 Å². The number of ketones is 2. The molecule has 4 aromatic rings. The molecule has 0 radical (unpaired) electrons. The Hall–Kier alpha value is -3.59. The van der Waals surface area contributed by atoms with Crippen molar-refractivity contribution >= 4 is 22.5 Å². The Bertz CT molecular complexity index is 1190. The second-order valence-electron chi connectivity index (χ2n) is 6.84. The van der Waals surface area contributed by atoms with Crippen LogP contribution >= 0.6 is 0 Å². The quantitative estimate of drug-likeness (QED) is 0.418. The van der Waals surface area contributed by atoms with Gasteiger partial charge in [-0.2, -0.15) is 0 Å². The fourth-order valence-corrected chi connectivity index (χ4v) is 3.35. The number of fused-ring (bicyclic) bond motifs is 1. The molecule has 0 amide bonds. The van der Waals surface area contributed by atoms with Gasteiger partial charge in [0.15, 0.2) is 11.6 Å². The first-order valence-electron chi connectivity index (χ1n) is 9.15. The number of benzene rings is 3. The number of rotatable bonds is 4. The lowest BCUT2D eigenvalue weighted by molar-refractivity contribution is 0.101. The van der Waals surface area contributed by atoms with Gasteiger partial charge in [0.2, 0.25) is 0 Å². The van der Waals surface area contributed by atoms with Crippen LogP contribution in [-0.2, 0) is 0 Å². The molecule has 1 aromatic heterocycles. The van der Waals surface area contributed by atoms with Crippen molar-refractivity contribution in [2.24, 2.45) is 0 Å². The van der Waals surface area contributed by atoms with Crippen LogP contribution in [0.5, 0.6) is 0 Å². The Kier molecular flexibility index (Phi) is 4.58. The molecule has 0 saturated heterocycles. The summed E-state index contributed by atoms with van der Waals surface area (Å²) in [5.41, 5.74) is 6.05. The van der Waals surface area contributed by atoms with Gasteiger partial charge < -0.3 is 0 Å². The zero-order valence-electron chi connectivity index (χ0n) is 15.8. The normalized spacial score (nSPS) is 10.8. The molecule has 0 saturated carbocycles. The van der Waals surface area contributed by atoms with Crippen LogP contribution in [0.15, 0.2) is 78.9 Å². The lowest BCUT2D eigenvalue weighted by atomic mass is 9.99. The number of hydrogen-bond acceptors (Lipinski definition) is 3. The first-order chi connectivity index (χ1) is 13.5. The van der Waals surface area contributed by atoms with Crippen molar-refractivity contribution in [2.45, 2.75) is 13.8 Å². The molecule has 1 heterocycles. The SMILES string of the molecule is CC(=O)c1ccc(-c2ccc(-c3cc(C(C)=O)c4ccccc4n3)cc2)cc1. The van der Waals surface area contributed by atoms with Crippen LogP contribution in [0.1, 0.15) is 34.6 Å². The molecule has 3 nitrogen and oxygen atoms in total. The highest BCUT2D eigenvalue weighted by atomic mass is 16.1. The van der Waals surface area contributed by atoms with Crippen molar-refractivity contribution in [2.75, 3.05) is 0 Å². The summed E-state index contributed by atoms with van der Waals surface area (Å²) in [6.07, 6.45) is 0. The molecule has 0 spiro atoms. The molecule has 28 heavy (non-hydrogen) atoms. The fourth-order valence-electron chi connectivity index (χ4n) is 3.35. The highest BCUT2D eigenvalue weighted by molar-refractivity contribution is 6.07. The molecule has 0 unspecified atom stereocenters. The number of nitrogens with zero attached hydrogens (tertiary/aromatic N) is 1. The van der Waals surface area contributed by atoms with E-state index in [0.29, 0.717) is 11.1 Å². The summed E-state index contributed by atoms with van der Waals surface area (Å²) in [7, 11) is 0. The number of pyridine rings is 1. The molecule has 0 atom stereocenters. The van der Waals surface area contributed by atoms with Crippen LogP contribution in [0.25, 0.3) is 33.3 Å². The minimum Gasteiger partial charge on any atom is -0.295 e. The Balaban J connectivity index is 1.73. The van der Waals surface area contributed by atoms with Crippen molar-refractivity contribution in [3.05, 3.63) is 90.0 Å². The highest BCUT2D eigenvalue weighted by Gasteiger charge is 2.11. The molecule has 0 fully saturated rings. The summed E-state index contributed by atoms with van der Waals surface area (Å²) in [5.74, 6) is 0.0904. The van der Waals surface area contributed by atoms with Crippen LogP contribution in [0.4, 0.5) is 0 Å². The maximum atomic E-state index is 12.1. The topological polar surface area (TPSA) is 47.0 Å². The lowest BCUT2D eigenvalue weighted by Crippen LogP contribution is -1.97. The number of hydrogen-bond donors (Lipinski definition) is 0. The largest absolute Gasteiger partial charge is 0.295 e.